The molecular weight excluding hydrogens is 314 g/mol. The zero-order chi connectivity index (χ0) is 17.2. The van der Waals surface area contributed by atoms with Gasteiger partial charge >= 0.3 is 0 Å². The highest BCUT2D eigenvalue weighted by molar-refractivity contribution is 5.86. The summed E-state index contributed by atoms with van der Waals surface area (Å²) in [6.07, 6.45) is 1.95. The smallest absolute Gasteiger partial charge is 0.234 e. The number of hydrogen-bond acceptors (Lipinski definition) is 3. The summed E-state index contributed by atoms with van der Waals surface area (Å²) in [6.45, 7) is 2.80. The van der Waals surface area contributed by atoms with Crippen LogP contribution in [-0.2, 0) is 11.3 Å². The second-order valence-electron chi connectivity index (χ2n) is 6.37. The molecule has 1 aliphatic rings. The molecule has 0 atom stereocenters. The number of nitrogens with zero attached hydrogens (tertiary/aromatic N) is 1. The standard InChI is InChI=1S/C20H21N3O2/c1-25-19-5-2-14(12-23-9-8-22-20(24)13-23)10-17(19)16-4-3-15-6-7-21-18(15)11-16/h2-7,10-11,21H,8-9,12-13H2,1H3,(H,22,24). The van der Waals surface area contributed by atoms with Gasteiger partial charge in [0.05, 0.1) is 13.7 Å². The predicted molar refractivity (Wildman–Crippen MR) is 98.6 cm³/mol. The Morgan fingerprint density at radius 1 is 1.16 bits per heavy atom. The molecule has 0 bridgehead atoms. The van der Waals surface area contributed by atoms with E-state index in [9.17, 15) is 4.79 Å². The third kappa shape index (κ3) is 3.23. The molecular formula is C20H21N3O2. The van der Waals surface area contributed by atoms with Crippen LogP contribution in [0, 0.1) is 0 Å². The van der Waals surface area contributed by atoms with Crippen molar-refractivity contribution in [3.8, 4) is 16.9 Å². The van der Waals surface area contributed by atoms with Gasteiger partial charge in [-0.3, -0.25) is 9.69 Å². The van der Waals surface area contributed by atoms with Crippen molar-refractivity contribution in [2.45, 2.75) is 6.54 Å². The number of methoxy groups -OCH3 is 1. The summed E-state index contributed by atoms with van der Waals surface area (Å²) in [5.41, 5.74) is 4.47. The van der Waals surface area contributed by atoms with Crippen molar-refractivity contribution >= 4 is 16.8 Å². The van der Waals surface area contributed by atoms with Gasteiger partial charge in [0.15, 0.2) is 0 Å². The van der Waals surface area contributed by atoms with Gasteiger partial charge in [0.2, 0.25) is 5.91 Å². The average Bonchev–Trinajstić information content (AvgIpc) is 3.09. The lowest BCUT2D eigenvalue weighted by molar-refractivity contribution is -0.124. The maximum atomic E-state index is 11.6. The molecule has 4 rings (SSSR count). The molecule has 128 valence electrons. The molecule has 2 aromatic carbocycles. The van der Waals surface area contributed by atoms with Crippen molar-refractivity contribution in [2.75, 3.05) is 26.7 Å². The van der Waals surface area contributed by atoms with Gasteiger partial charge in [0.25, 0.3) is 0 Å². The molecule has 25 heavy (non-hydrogen) atoms. The lowest BCUT2D eigenvalue weighted by Gasteiger charge is -2.26. The Kier molecular flexibility index (Phi) is 4.15. The number of aromatic amines is 1. The third-order valence-corrected chi connectivity index (χ3v) is 4.65. The number of rotatable bonds is 4. The summed E-state index contributed by atoms with van der Waals surface area (Å²) < 4.78 is 5.57. The number of carbonyl (C=O) groups excluding carboxylic acids is 1. The van der Waals surface area contributed by atoms with E-state index in [4.69, 9.17) is 4.74 Å². The van der Waals surface area contributed by atoms with Crippen LogP contribution in [0.5, 0.6) is 5.75 Å². The Bertz CT molecular complexity index is 916. The fraction of sp³-hybridized carbons (Fsp3) is 0.250. The van der Waals surface area contributed by atoms with Gasteiger partial charge < -0.3 is 15.0 Å². The normalized spacial score (nSPS) is 15.3. The van der Waals surface area contributed by atoms with Crippen LogP contribution in [0.2, 0.25) is 0 Å². The molecule has 0 aliphatic carbocycles. The molecule has 0 unspecified atom stereocenters. The van der Waals surface area contributed by atoms with Gasteiger partial charge in [-0.15, -0.1) is 0 Å². The second kappa shape index (κ2) is 6.61. The lowest BCUT2D eigenvalue weighted by Crippen LogP contribution is -2.47. The van der Waals surface area contributed by atoms with E-state index >= 15 is 0 Å². The molecule has 0 radical (unpaired) electrons. The van der Waals surface area contributed by atoms with Crippen molar-refractivity contribution in [2.24, 2.45) is 0 Å². The maximum absolute atomic E-state index is 11.6. The number of nitrogens with one attached hydrogen (secondary N) is 2. The first-order valence-electron chi connectivity index (χ1n) is 8.46. The quantitative estimate of drug-likeness (QED) is 0.771. The maximum Gasteiger partial charge on any atom is 0.234 e. The minimum atomic E-state index is 0.0946. The largest absolute Gasteiger partial charge is 0.496 e. The summed E-state index contributed by atoms with van der Waals surface area (Å²) in [5, 5.41) is 4.06. The summed E-state index contributed by atoms with van der Waals surface area (Å²) in [6, 6.07) is 14.7. The number of aromatic nitrogens is 1. The van der Waals surface area contributed by atoms with Crippen LogP contribution in [0.4, 0.5) is 0 Å². The molecule has 5 heteroatoms. The van der Waals surface area contributed by atoms with E-state index in [0.29, 0.717) is 13.1 Å². The first-order chi connectivity index (χ1) is 12.2. The average molecular weight is 335 g/mol. The van der Waals surface area contributed by atoms with Crippen molar-refractivity contribution < 1.29 is 9.53 Å². The lowest BCUT2D eigenvalue weighted by atomic mass is 10.0. The number of carbonyl (C=O) groups is 1. The van der Waals surface area contributed by atoms with Crippen molar-refractivity contribution in [1.82, 2.24) is 15.2 Å². The summed E-state index contributed by atoms with van der Waals surface area (Å²) in [7, 11) is 1.70. The van der Waals surface area contributed by atoms with Crippen LogP contribution >= 0.6 is 0 Å². The minimum Gasteiger partial charge on any atom is -0.496 e. The zero-order valence-electron chi connectivity index (χ0n) is 14.2. The first-order valence-corrected chi connectivity index (χ1v) is 8.46. The number of hydrogen-bond donors (Lipinski definition) is 2. The number of ether oxygens (including phenoxy) is 1. The Morgan fingerprint density at radius 3 is 2.92 bits per heavy atom. The Balaban J connectivity index is 1.66. The summed E-state index contributed by atoms with van der Waals surface area (Å²) >= 11 is 0. The van der Waals surface area contributed by atoms with Gasteiger partial charge in [-0.25, -0.2) is 0 Å². The summed E-state index contributed by atoms with van der Waals surface area (Å²) in [5.74, 6) is 0.947. The molecule has 3 aromatic rings. The van der Waals surface area contributed by atoms with E-state index in [1.54, 1.807) is 7.11 Å². The predicted octanol–water partition coefficient (Wildman–Crippen LogP) is 2.78. The molecule has 1 saturated heterocycles. The van der Waals surface area contributed by atoms with Crippen LogP contribution in [0.3, 0.4) is 0 Å². The van der Waals surface area contributed by atoms with E-state index in [1.165, 1.54) is 10.9 Å². The van der Waals surface area contributed by atoms with Crippen LogP contribution in [0.1, 0.15) is 5.56 Å². The van der Waals surface area contributed by atoms with Gasteiger partial charge in [-0.05, 0) is 40.8 Å². The van der Waals surface area contributed by atoms with Crippen LogP contribution in [0.25, 0.3) is 22.0 Å². The minimum absolute atomic E-state index is 0.0946. The number of benzene rings is 2. The van der Waals surface area contributed by atoms with E-state index < -0.39 is 0 Å². The number of piperazine rings is 1. The van der Waals surface area contributed by atoms with E-state index in [1.807, 2.05) is 12.3 Å². The molecule has 5 nitrogen and oxygen atoms in total. The Hall–Kier alpha value is -2.79. The highest BCUT2D eigenvalue weighted by Crippen LogP contribution is 2.33. The van der Waals surface area contributed by atoms with Crippen LogP contribution in [-0.4, -0.2) is 42.5 Å². The Labute approximate surface area is 146 Å². The molecule has 1 fully saturated rings. The second-order valence-corrected chi connectivity index (χ2v) is 6.37. The van der Waals surface area contributed by atoms with Gasteiger partial charge in [0, 0.05) is 36.9 Å². The fourth-order valence-electron chi connectivity index (χ4n) is 3.38. The van der Waals surface area contributed by atoms with Crippen molar-refractivity contribution in [3.05, 3.63) is 54.2 Å². The van der Waals surface area contributed by atoms with Crippen LogP contribution < -0.4 is 10.1 Å². The topological polar surface area (TPSA) is 57.4 Å². The van der Waals surface area contributed by atoms with Crippen LogP contribution in [0.15, 0.2) is 48.7 Å². The molecule has 1 aliphatic heterocycles. The zero-order valence-corrected chi connectivity index (χ0v) is 14.2. The molecule has 1 aromatic heterocycles. The number of H-pyrrole nitrogens is 1. The fourth-order valence-corrected chi connectivity index (χ4v) is 3.38. The van der Waals surface area contributed by atoms with E-state index in [-0.39, 0.29) is 5.91 Å². The number of fused-ring (bicyclic) bond motifs is 1. The molecule has 0 saturated carbocycles. The number of amides is 1. The van der Waals surface area contributed by atoms with E-state index in [0.717, 1.165) is 35.5 Å². The monoisotopic (exact) mass is 335 g/mol. The van der Waals surface area contributed by atoms with E-state index in [2.05, 4.69) is 51.6 Å². The van der Waals surface area contributed by atoms with Gasteiger partial charge in [0.1, 0.15) is 5.75 Å². The molecule has 2 heterocycles. The summed E-state index contributed by atoms with van der Waals surface area (Å²) in [4.78, 5) is 17.0. The van der Waals surface area contributed by atoms with Gasteiger partial charge in [-0.2, -0.15) is 0 Å². The molecule has 1 amide bonds. The third-order valence-electron chi connectivity index (χ3n) is 4.65. The van der Waals surface area contributed by atoms with Crippen molar-refractivity contribution in [1.29, 1.82) is 0 Å². The Morgan fingerprint density at radius 2 is 2.08 bits per heavy atom. The molecule has 0 spiro atoms. The first kappa shape index (κ1) is 15.7. The highest BCUT2D eigenvalue weighted by Gasteiger charge is 2.17. The molecule has 2 N–H and O–H groups in total. The van der Waals surface area contributed by atoms with Gasteiger partial charge in [-0.1, -0.05) is 18.2 Å². The SMILES string of the molecule is COc1ccc(CN2CCNC(=O)C2)cc1-c1ccc2cc[nH]c2c1. The van der Waals surface area contributed by atoms with Crippen molar-refractivity contribution in [3.63, 3.8) is 0 Å². The highest BCUT2D eigenvalue weighted by atomic mass is 16.5.